The molecular weight excluding hydrogens is 236 g/mol. The average Bonchev–Trinajstić information content (AvgIpc) is 2.93. The molecule has 0 spiro atoms. The summed E-state index contributed by atoms with van der Waals surface area (Å²) in [5.41, 5.74) is 3.50. The van der Waals surface area contributed by atoms with E-state index in [0.29, 0.717) is 12.1 Å². The number of nitrogens with zero attached hydrogens (tertiary/aromatic N) is 1. The molecule has 3 rings (SSSR count). The van der Waals surface area contributed by atoms with Crippen LogP contribution in [0.1, 0.15) is 37.3 Å². The molecule has 19 heavy (non-hydrogen) atoms. The van der Waals surface area contributed by atoms with Crippen molar-refractivity contribution >= 4 is 11.0 Å². The molecule has 0 bridgehead atoms. The highest BCUT2D eigenvalue weighted by atomic mass is 14.9. The van der Waals surface area contributed by atoms with Crippen molar-refractivity contribution in [2.75, 3.05) is 13.6 Å². The van der Waals surface area contributed by atoms with Crippen LogP contribution < -0.4 is 10.6 Å². The zero-order chi connectivity index (χ0) is 13.1. The maximum Gasteiger partial charge on any atom is 0.0931 e. The van der Waals surface area contributed by atoms with Gasteiger partial charge in [-0.2, -0.15) is 0 Å². The Morgan fingerprint density at radius 2 is 2.37 bits per heavy atom. The summed E-state index contributed by atoms with van der Waals surface area (Å²) in [5.74, 6) is 0. The molecule has 3 N–H and O–H groups in total. The van der Waals surface area contributed by atoms with E-state index in [2.05, 4.69) is 38.8 Å². The van der Waals surface area contributed by atoms with Crippen LogP contribution in [0.4, 0.5) is 0 Å². The number of rotatable bonds is 4. The van der Waals surface area contributed by atoms with Crippen molar-refractivity contribution < 1.29 is 0 Å². The lowest BCUT2D eigenvalue weighted by Crippen LogP contribution is -2.37. The summed E-state index contributed by atoms with van der Waals surface area (Å²) in [6, 6.07) is 7.55. The third-order valence-electron chi connectivity index (χ3n) is 4.13. The molecular formula is C15H22N4. The lowest BCUT2D eigenvalue weighted by molar-refractivity contribution is 0.347. The summed E-state index contributed by atoms with van der Waals surface area (Å²) >= 11 is 0. The van der Waals surface area contributed by atoms with Crippen LogP contribution in [-0.4, -0.2) is 29.6 Å². The van der Waals surface area contributed by atoms with E-state index in [1.807, 2.05) is 7.05 Å². The summed E-state index contributed by atoms with van der Waals surface area (Å²) in [6.45, 7) is 1.17. The van der Waals surface area contributed by atoms with Gasteiger partial charge in [-0.05, 0) is 50.6 Å². The van der Waals surface area contributed by atoms with Gasteiger partial charge >= 0.3 is 0 Å². The number of benzene rings is 1. The first kappa shape index (κ1) is 12.6. The minimum atomic E-state index is 0.406. The van der Waals surface area contributed by atoms with Crippen molar-refractivity contribution in [3.8, 4) is 0 Å². The van der Waals surface area contributed by atoms with Crippen LogP contribution in [0.15, 0.2) is 24.5 Å². The van der Waals surface area contributed by atoms with Gasteiger partial charge in [-0.15, -0.1) is 0 Å². The third kappa shape index (κ3) is 2.80. The minimum absolute atomic E-state index is 0.406. The highest BCUT2D eigenvalue weighted by Gasteiger charge is 2.19. The molecule has 102 valence electrons. The van der Waals surface area contributed by atoms with E-state index in [1.165, 1.54) is 31.4 Å². The van der Waals surface area contributed by atoms with Crippen LogP contribution in [0.2, 0.25) is 0 Å². The Morgan fingerprint density at radius 3 is 3.16 bits per heavy atom. The van der Waals surface area contributed by atoms with Gasteiger partial charge in [0.15, 0.2) is 0 Å². The van der Waals surface area contributed by atoms with Crippen LogP contribution in [0.3, 0.4) is 0 Å². The predicted molar refractivity (Wildman–Crippen MR) is 78.2 cm³/mol. The second kappa shape index (κ2) is 5.72. The number of H-pyrrole nitrogens is 1. The van der Waals surface area contributed by atoms with Crippen LogP contribution in [0.5, 0.6) is 0 Å². The molecule has 1 aliphatic rings. The Kier molecular flexibility index (Phi) is 3.80. The zero-order valence-electron chi connectivity index (χ0n) is 11.4. The van der Waals surface area contributed by atoms with Crippen LogP contribution in [0, 0.1) is 0 Å². The predicted octanol–water partition coefficient (Wildman–Crippen LogP) is 2.36. The summed E-state index contributed by atoms with van der Waals surface area (Å²) in [6.07, 6.45) is 6.88. The summed E-state index contributed by atoms with van der Waals surface area (Å²) in [5, 5.41) is 7.07. The Morgan fingerprint density at radius 1 is 1.42 bits per heavy atom. The van der Waals surface area contributed by atoms with Gasteiger partial charge in [0, 0.05) is 12.1 Å². The molecule has 1 aliphatic heterocycles. The third-order valence-corrected chi connectivity index (χ3v) is 4.13. The number of fused-ring (bicyclic) bond motifs is 1. The highest BCUT2D eigenvalue weighted by Crippen LogP contribution is 2.24. The van der Waals surface area contributed by atoms with Crippen molar-refractivity contribution in [2.24, 2.45) is 0 Å². The summed E-state index contributed by atoms with van der Waals surface area (Å²) < 4.78 is 0. The summed E-state index contributed by atoms with van der Waals surface area (Å²) in [7, 11) is 2.05. The molecule has 4 nitrogen and oxygen atoms in total. The van der Waals surface area contributed by atoms with Crippen molar-refractivity contribution in [1.29, 1.82) is 0 Å². The molecule has 1 aromatic carbocycles. The van der Waals surface area contributed by atoms with E-state index in [9.17, 15) is 0 Å². The van der Waals surface area contributed by atoms with E-state index in [1.54, 1.807) is 6.33 Å². The van der Waals surface area contributed by atoms with Crippen LogP contribution >= 0.6 is 0 Å². The topological polar surface area (TPSA) is 52.7 Å². The molecule has 0 amide bonds. The first-order chi connectivity index (χ1) is 9.36. The van der Waals surface area contributed by atoms with Crippen molar-refractivity contribution in [2.45, 2.75) is 37.8 Å². The second-order valence-corrected chi connectivity index (χ2v) is 5.40. The monoisotopic (exact) mass is 258 g/mol. The maximum absolute atomic E-state index is 4.27. The van der Waals surface area contributed by atoms with E-state index in [4.69, 9.17) is 0 Å². The maximum atomic E-state index is 4.27. The number of hydrogen-bond acceptors (Lipinski definition) is 3. The fourth-order valence-corrected chi connectivity index (χ4v) is 3.00. The van der Waals surface area contributed by atoms with Crippen molar-refractivity contribution in [1.82, 2.24) is 20.6 Å². The lowest BCUT2D eigenvalue weighted by atomic mass is 9.94. The molecule has 2 aromatic rings. The molecule has 2 atom stereocenters. The van der Waals surface area contributed by atoms with Gasteiger partial charge in [0.25, 0.3) is 0 Å². The number of imidazole rings is 1. The van der Waals surface area contributed by atoms with Crippen molar-refractivity contribution in [3.05, 3.63) is 30.1 Å². The molecule has 1 aromatic heterocycles. The number of aromatic nitrogens is 2. The van der Waals surface area contributed by atoms with Gasteiger partial charge in [-0.1, -0.05) is 12.5 Å². The minimum Gasteiger partial charge on any atom is -0.345 e. The average molecular weight is 258 g/mol. The standard InChI is InChI=1S/C15H22N4/c1-16-14(9-12-4-2-3-7-17-12)11-5-6-13-15(8-11)19-10-18-13/h5-6,8,10,12,14,16-17H,2-4,7,9H2,1H3,(H,18,19). The van der Waals surface area contributed by atoms with Crippen molar-refractivity contribution in [3.63, 3.8) is 0 Å². The van der Waals surface area contributed by atoms with Gasteiger partial charge in [0.05, 0.1) is 17.4 Å². The van der Waals surface area contributed by atoms with Crippen LogP contribution in [0.25, 0.3) is 11.0 Å². The summed E-state index contributed by atoms with van der Waals surface area (Å²) in [4.78, 5) is 7.46. The first-order valence-electron chi connectivity index (χ1n) is 7.20. The lowest BCUT2D eigenvalue weighted by Gasteiger charge is -2.28. The fraction of sp³-hybridized carbons (Fsp3) is 0.533. The molecule has 2 heterocycles. The molecule has 4 heteroatoms. The SMILES string of the molecule is CNC(CC1CCCCN1)c1ccc2nc[nH]c2c1. The smallest absolute Gasteiger partial charge is 0.0931 e. The fourth-order valence-electron chi connectivity index (χ4n) is 3.00. The first-order valence-corrected chi connectivity index (χ1v) is 7.20. The number of hydrogen-bond donors (Lipinski definition) is 3. The Labute approximate surface area is 114 Å². The second-order valence-electron chi connectivity index (χ2n) is 5.40. The molecule has 1 saturated heterocycles. The number of piperidine rings is 1. The molecule has 1 fully saturated rings. The molecule has 0 radical (unpaired) electrons. The Balaban J connectivity index is 1.76. The van der Waals surface area contributed by atoms with Gasteiger partial charge in [0.2, 0.25) is 0 Å². The molecule has 0 saturated carbocycles. The van der Waals surface area contributed by atoms with E-state index >= 15 is 0 Å². The number of nitrogens with one attached hydrogen (secondary N) is 3. The van der Waals surface area contributed by atoms with Gasteiger partial charge < -0.3 is 15.6 Å². The van der Waals surface area contributed by atoms with Gasteiger partial charge in [-0.3, -0.25) is 0 Å². The van der Waals surface area contributed by atoms with E-state index < -0.39 is 0 Å². The normalized spacial score (nSPS) is 21.6. The highest BCUT2D eigenvalue weighted by molar-refractivity contribution is 5.75. The Bertz CT molecular complexity index is 528. The van der Waals surface area contributed by atoms with E-state index in [-0.39, 0.29) is 0 Å². The number of aromatic amines is 1. The zero-order valence-corrected chi connectivity index (χ0v) is 11.4. The van der Waals surface area contributed by atoms with Gasteiger partial charge in [0.1, 0.15) is 0 Å². The largest absolute Gasteiger partial charge is 0.345 e. The van der Waals surface area contributed by atoms with Gasteiger partial charge in [-0.25, -0.2) is 4.98 Å². The van der Waals surface area contributed by atoms with Crippen LogP contribution in [-0.2, 0) is 0 Å². The quantitative estimate of drug-likeness (QED) is 0.789. The molecule has 2 unspecified atom stereocenters. The Hall–Kier alpha value is -1.39. The molecule has 0 aliphatic carbocycles. The van der Waals surface area contributed by atoms with E-state index in [0.717, 1.165) is 17.5 Å².